The summed E-state index contributed by atoms with van der Waals surface area (Å²) in [7, 11) is 4.25. The zero-order valence-electron chi connectivity index (χ0n) is 13.2. The second-order valence-electron chi connectivity index (χ2n) is 6.12. The van der Waals surface area contributed by atoms with Crippen LogP contribution < -0.4 is 4.74 Å². The third-order valence-corrected chi connectivity index (χ3v) is 3.85. The summed E-state index contributed by atoms with van der Waals surface area (Å²) in [5.74, 6) is 0.835. The van der Waals surface area contributed by atoms with Gasteiger partial charge in [0.1, 0.15) is 25.0 Å². The quantitative estimate of drug-likeness (QED) is 0.585. The Kier molecular flexibility index (Phi) is 6.24. The number of hydrogen-bond acceptors (Lipinski definition) is 2. The first kappa shape index (κ1) is 16.7. The highest BCUT2D eigenvalue weighted by molar-refractivity contribution is 5.34. The molecule has 20 heavy (non-hydrogen) atoms. The fourth-order valence-corrected chi connectivity index (χ4v) is 1.96. The van der Waals surface area contributed by atoms with Crippen LogP contribution in [0.15, 0.2) is 36.9 Å². The van der Waals surface area contributed by atoms with Gasteiger partial charge in [0.25, 0.3) is 0 Å². The van der Waals surface area contributed by atoms with Crippen molar-refractivity contribution in [3.05, 3.63) is 42.5 Å². The molecule has 112 valence electrons. The summed E-state index contributed by atoms with van der Waals surface area (Å²) in [5.41, 5.74) is 1.10. The fraction of sp³-hybridized carbons (Fsp3) is 0.529. The fourth-order valence-electron chi connectivity index (χ4n) is 1.96. The van der Waals surface area contributed by atoms with Crippen molar-refractivity contribution in [1.82, 2.24) is 0 Å². The average molecular weight is 278 g/mol. The van der Waals surface area contributed by atoms with Gasteiger partial charge >= 0.3 is 0 Å². The van der Waals surface area contributed by atoms with Crippen molar-refractivity contribution in [2.45, 2.75) is 32.4 Å². The molecule has 0 aliphatic heterocycles. The molecule has 1 aromatic carbocycles. The molecule has 0 spiro atoms. The van der Waals surface area contributed by atoms with Gasteiger partial charge in [-0.2, -0.15) is 0 Å². The van der Waals surface area contributed by atoms with E-state index in [1.165, 1.54) is 0 Å². The van der Waals surface area contributed by atoms with Crippen LogP contribution in [0, 0.1) is 0 Å². The van der Waals surface area contributed by atoms with Crippen LogP contribution in [0.2, 0.25) is 0 Å². The molecule has 0 aliphatic rings. The van der Waals surface area contributed by atoms with Crippen molar-refractivity contribution < 1.29 is 14.3 Å². The monoisotopic (exact) mass is 278 g/mol. The van der Waals surface area contributed by atoms with Crippen LogP contribution in [0.3, 0.4) is 0 Å². The minimum atomic E-state index is -0.468. The number of allylic oxidation sites excluding steroid dienone is 1. The first-order valence-electron chi connectivity index (χ1n) is 7.19. The Morgan fingerprint density at radius 2 is 1.95 bits per heavy atom. The van der Waals surface area contributed by atoms with Crippen molar-refractivity contribution in [1.29, 1.82) is 0 Å². The number of ether oxygens (including phenoxy) is 1. The summed E-state index contributed by atoms with van der Waals surface area (Å²) in [4.78, 5) is 0. The van der Waals surface area contributed by atoms with Gasteiger partial charge in [-0.25, -0.2) is 0 Å². The van der Waals surface area contributed by atoms with Gasteiger partial charge in [0, 0.05) is 0 Å². The van der Waals surface area contributed by atoms with Gasteiger partial charge in [0.15, 0.2) is 0 Å². The Hall–Kier alpha value is -1.32. The second kappa shape index (κ2) is 7.46. The lowest BCUT2D eigenvalue weighted by Gasteiger charge is -2.35. The molecule has 0 aromatic heterocycles. The van der Waals surface area contributed by atoms with E-state index in [1.807, 2.05) is 30.3 Å². The maximum atomic E-state index is 10.2. The Balaban J connectivity index is 2.57. The molecule has 0 saturated carbocycles. The van der Waals surface area contributed by atoms with Crippen molar-refractivity contribution in [2.24, 2.45) is 0 Å². The molecule has 1 aromatic rings. The van der Waals surface area contributed by atoms with Crippen molar-refractivity contribution >= 4 is 0 Å². The summed E-state index contributed by atoms with van der Waals surface area (Å²) in [6, 6.07) is 8.37. The molecule has 0 fully saturated rings. The predicted octanol–water partition coefficient (Wildman–Crippen LogP) is 2.64. The van der Waals surface area contributed by atoms with Crippen LogP contribution in [0.4, 0.5) is 0 Å². The highest BCUT2D eigenvalue weighted by Crippen LogP contribution is 2.19. The molecule has 3 nitrogen and oxygen atoms in total. The summed E-state index contributed by atoms with van der Waals surface area (Å²) in [5, 5.41) is 10.2. The van der Waals surface area contributed by atoms with E-state index in [2.05, 4.69) is 34.5 Å². The third kappa shape index (κ3) is 4.99. The first-order chi connectivity index (χ1) is 9.36. The second-order valence-corrected chi connectivity index (χ2v) is 6.12. The van der Waals surface area contributed by atoms with E-state index in [9.17, 15) is 5.11 Å². The van der Waals surface area contributed by atoms with E-state index < -0.39 is 6.10 Å². The van der Waals surface area contributed by atoms with E-state index in [4.69, 9.17) is 4.74 Å². The number of nitrogens with zero attached hydrogens (tertiary/aromatic N) is 1. The SMILES string of the molecule is C=CCc1ccccc1OC[C@@H](O)C[N+](C)(C)C(C)C. The van der Waals surface area contributed by atoms with Crippen LogP contribution in [0.5, 0.6) is 5.75 Å². The number of likely N-dealkylation sites (N-methyl/N-ethyl adjacent to an activating group) is 1. The molecule has 0 amide bonds. The number of quaternary nitrogens is 1. The maximum absolute atomic E-state index is 10.2. The molecule has 1 N–H and O–H groups in total. The average Bonchev–Trinajstić information content (AvgIpc) is 2.37. The van der Waals surface area contributed by atoms with Gasteiger partial charge in [-0.15, -0.1) is 6.58 Å². The van der Waals surface area contributed by atoms with Gasteiger partial charge in [0.05, 0.1) is 20.1 Å². The van der Waals surface area contributed by atoms with Gasteiger partial charge in [0.2, 0.25) is 0 Å². The topological polar surface area (TPSA) is 29.5 Å². The van der Waals surface area contributed by atoms with Crippen LogP contribution in [-0.4, -0.2) is 49.0 Å². The number of para-hydroxylation sites is 1. The number of aliphatic hydroxyl groups is 1. The molecule has 1 atom stereocenters. The van der Waals surface area contributed by atoms with E-state index >= 15 is 0 Å². The molecule has 0 heterocycles. The van der Waals surface area contributed by atoms with E-state index in [0.717, 1.165) is 22.2 Å². The zero-order chi connectivity index (χ0) is 15.2. The normalized spacial score (nSPS) is 13.3. The summed E-state index contributed by atoms with van der Waals surface area (Å²) >= 11 is 0. The number of benzene rings is 1. The Bertz CT molecular complexity index is 427. The highest BCUT2D eigenvalue weighted by atomic mass is 16.5. The van der Waals surface area contributed by atoms with Gasteiger partial charge in [-0.1, -0.05) is 24.3 Å². The molecule has 0 aliphatic carbocycles. The Morgan fingerprint density at radius 3 is 2.55 bits per heavy atom. The molecule has 0 radical (unpaired) electrons. The highest BCUT2D eigenvalue weighted by Gasteiger charge is 2.24. The van der Waals surface area contributed by atoms with Crippen molar-refractivity contribution in [3.63, 3.8) is 0 Å². The molecule has 1 rings (SSSR count). The van der Waals surface area contributed by atoms with Crippen LogP contribution in [0.1, 0.15) is 19.4 Å². The van der Waals surface area contributed by atoms with E-state index in [0.29, 0.717) is 19.2 Å². The Morgan fingerprint density at radius 1 is 1.30 bits per heavy atom. The van der Waals surface area contributed by atoms with Crippen LogP contribution >= 0.6 is 0 Å². The lowest BCUT2D eigenvalue weighted by atomic mass is 10.1. The largest absolute Gasteiger partial charge is 0.490 e. The minimum Gasteiger partial charge on any atom is -0.490 e. The first-order valence-corrected chi connectivity index (χ1v) is 7.19. The number of rotatable bonds is 8. The minimum absolute atomic E-state index is 0.322. The number of hydrogen-bond donors (Lipinski definition) is 1. The van der Waals surface area contributed by atoms with E-state index in [1.54, 1.807) is 0 Å². The smallest absolute Gasteiger partial charge is 0.137 e. The molecule has 3 heteroatoms. The predicted molar refractivity (Wildman–Crippen MR) is 84.0 cm³/mol. The van der Waals surface area contributed by atoms with Crippen LogP contribution in [-0.2, 0) is 6.42 Å². The maximum Gasteiger partial charge on any atom is 0.137 e. The molecule has 0 bridgehead atoms. The molecule has 0 unspecified atom stereocenters. The standard InChI is InChI=1S/C17H28NO2/c1-6-9-15-10-7-8-11-17(15)20-13-16(19)12-18(4,5)14(2)3/h6-8,10-11,14,16,19H,1,9,12-13H2,2-5H3/q+1/t16-/m0/s1. The zero-order valence-corrected chi connectivity index (χ0v) is 13.2. The number of aliphatic hydroxyl groups excluding tert-OH is 1. The lowest BCUT2D eigenvalue weighted by Crippen LogP contribution is -2.51. The van der Waals surface area contributed by atoms with Crippen molar-refractivity contribution in [3.8, 4) is 5.75 Å². The lowest BCUT2D eigenvalue weighted by molar-refractivity contribution is -0.914. The van der Waals surface area contributed by atoms with Gasteiger partial charge in [-0.05, 0) is 31.9 Å². The third-order valence-electron chi connectivity index (χ3n) is 3.85. The summed E-state index contributed by atoms with van der Waals surface area (Å²) < 4.78 is 6.55. The Labute approximate surface area is 123 Å². The van der Waals surface area contributed by atoms with Gasteiger partial charge in [-0.3, -0.25) is 0 Å². The summed E-state index contributed by atoms with van der Waals surface area (Å²) in [6.45, 7) is 9.08. The molecule has 0 saturated heterocycles. The molecular formula is C17H28NO2+. The van der Waals surface area contributed by atoms with Crippen LogP contribution in [0.25, 0.3) is 0 Å². The van der Waals surface area contributed by atoms with Crippen molar-refractivity contribution in [2.75, 3.05) is 27.2 Å². The van der Waals surface area contributed by atoms with Gasteiger partial charge < -0.3 is 14.3 Å². The van der Waals surface area contributed by atoms with E-state index in [-0.39, 0.29) is 0 Å². The molecular weight excluding hydrogens is 250 g/mol. The summed E-state index contributed by atoms with van der Waals surface area (Å²) in [6.07, 6.45) is 2.17.